The number of carbonyl (C=O) groups is 1. The number of methoxy groups -OCH3 is 1. The lowest BCUT2D eigenvalue weighted by atomic mass is 10.1. The van der Waals surface area contributed by atoms with Crippen molar-refractivity contribution in [2.24, 2.45) is 0 Å². The summed E-state index contributed by atoms with van der Waals surface area (Å²) in [7, 11) is 1.50. The first-order valence-electron chi connectivity index (χ1n) is 4.49. The Bertz CT molecular complexity index is 377. The van der Waals surface area contributed by atoms with E-state index in [1.165, 1.54) is 25.8 Å². The van der Waals surface area contributed by atoms with E-state index in [9.17, 15) is 9.18 Å². The van der Waals surface area contributed by atoms with Crippen LogP contribution in [0.4, 0.5) is 4.39 Å². The number of thioether (sulfide) groups is 1. The van der Waals surface area contributed by atoms with Crippen molar-refractivity contribution in [3.63, 3.8) is 0 Å². The van der Waals surface area contributed by atoms with Crippen molar-refractivity contribution in [3.05, 3.63) is 23.5 Å². The summed E-state index contributed by atoms with van der Waals surface area (Å²) in [5.41, 5.74) is 0.424. The Morgan fingerprint density at radius 2 is 2.20 bits per heavy atom. The Kier molecular flexibility index (Phi) is 4.15. The van der Waals surface area contributed by atoms with E-state index >= 15 is 0 Å². The third-order valence-electron chi connectivity index (χ3n) is 2.00. The predicted octanol–water partition coefficient (Wildman–Crippen LogP) is 2.69. The van der Waals surface area contributed by atoms with E-state index in [0.29, 0.717) is 16.2 Å². The average molecular weight is 228 g/mol. The van der Waals surface area contributed by atoms with Gasteiger partial charge in [0.25, 0.3) is 0 Å². The molecule has 0 unspecified atom stereocenters. The van der Waals surface area contributed by atoms with E-state index in [-0.39, 0.29) is 18.0 Å². The minimum Gasteiger partial charge on any atom is -0.495 e. The molecule has 0 aliphatic rings. The van der Waals surface area contributed by atoms with Gasteiger partial charge in [0.1, 0.15) is 17.3 Å². The highest BCUT2D eigenvalue weighted by Crippen LogP contribution is 2.32. The molecule has 0 bridgehead atoms. The SMILES string of the molecule is COc1ccc(CC(C)=O)c(F)c1SC. The van der Waals surface area contributed by atoms with Gasteiger partial charge in [-0.15, -0.1) is 11.8 Å². The topological polar surface area (TPSA) is 26.3 Å². The highest BCUT2D eigenvalue weighted by atomic mass is 32.2. The monoisotopic (exact) mass is 228 g/mol. The number of ketones is 1. The summed E-state index contributed by atoms with van der Waals surface area (Å²) in [4.78, 5) is 11.4. The van der Waals surface area contributed by atoms with Crippen LogP contribution in [-0.2, 0) is 11.2 Å². The predicted molar refractivity (Wildman–Crippen MR) is 59.1 cm³/mol. The van der Waals surface area contributed by atoms with Gasteiger partial charge < -0.3 is 4.74 Å². The Morgan fingerprint density at radius 3 is 2.67 bits per heavy atom. The molecule has 82 valence electrons. The fraction of sp³-hybridized carbons (Fsp3) is 0.364. The average Bonchev–Trinajstić information content (AvgIpc) is 2.20. The number of hydrogen-bond donors (Lipinski definition) is 0. The molecule has 1 aromatic carbocycles. The van der Waals surface area contributed by atoms with Crippen molar-refractivity contribution in [1.82, 2.24) is 0 Å². The van der Waals surface area contributed by atoms with Gasteiger partial charge in [-0.3, -0.25) is 4.79 Å². The third kappa shape index (κ3) is 2.72. The first kappa shape index (κ1) is 12.0. The van der Waals surface area contributed by atoms with Crippen LogP contribution in [0.15, 0.2) is 17.0 Å². The van der Waals surface area contributed by atoms with Crippen LogP contribution in [0.1, 0.15) is 12.5 Å². The molecule has 0 aromatic heterocycles. The maximum Gasteiger partial charge on any atom is 0.144 e. The molecule has 0 heterocycles. The van der Waals surface area contributed by atoms with Gasteiger partial charge >= 0.3 is 0 Å². The number of halogens is 1. The molecule has 0 aliphatic carbocycles. The van der Waals surface area contributed by atoms with Crippen molar-refractivity contribution in [3.8, 4) is 5.75 Å². The van der Waals surface area contributed by atoms with E-state index < -0.39 is 0 Å². The van der Waals surface area contributed by atoms with Crippen LogP contribution in [0, 0.1) is 5.82 Å². The maximum atomic E-state index is 13.8. The molecule has 0 radical (unpaired) electrons. The van der Waals surface area contributed by atoms with E-state index in [1.807, 2.05) is 0 Å². The quantitative estimate of drug-likeness (QED) is 0.741. The van der Waals surface area contributed by atoms with E-state index in [2.05, 4.69) is 0 Å². The van der Waals surface area contributed by atoms with Crippen LogP contribution in [-0.4, -0.2) is 19.1 Å². The molecule has 0 N–H and O–H groups in total. The molecule has 0 amide bonds. The van der Waals surface area contributed by atoms with Gasteiger partial charge in [0.2, 0.25) is 0 Å². The van der Waals surface area contributed by atoms with E-state index in [1.54, 1.807) is 18.4 Å². The van der Waals surface area contributed by atoms with Crippen molar-refractivity contribution in [2.75, 3.05) is 13.4 Å². The van der Waals surface area contributed by atoms with Crippen LogP contribution < -0.4 is 4.74 Å². The maximum absolute atomic E-state index is 13.8. The molecule has 15 heavy (non-hydrogen) atoms. The third-order valence-corrected chi connectivity index (χ3v) is 2.79. The summed E-state index contributed by atoms with van der Waals surface area (Å²) in [6.45, 7) is 1.45. The Hall–Kier alpha value is -1.03. The van der Waals surface area contributed by atoms with Gasteiger partial charge in [-0.05, 0) is 24.8 Å². The van der Waals surface area contributed by atoms with Gasteiger partial charge in [0.05, 0.1) is 12.0 Å². The molecular weight excluding hydrogens is 215 g/mol. The smallest absolute Gasteiger partial charge is 0.144 e. The number of rotatable bonds is 4. The van der Waals surface area contributed by atoms with Crippen molar-refractivity contribution in [1.29, 1.82) is 0 Å². The second-order valence-corrected chi connectivity index (χ2v) is 3.97. The summed E-state index contributed by atoms with van der Waals surface area (Å²) < 4.78 is 18.9. The van der Waals surface area contributed by atoms with E-state index in [4.69, 9.17) is 4.74 Å². The van der Waals surface area contributed by atoms with Gasteiger partial charge in [0.15, 0.2) is 0 Å². The van der Waals surface area contributed by atoms with Crippen LogP contribution in [0.2, 0.25) is 0 Å². The van der Waals surface area contributed by atoms with Crippen molar-refractivity contribution in [2.45, 2.75) is 18.2 Å². The molecule has 0 spiro atoms. The Morgan fingerprint density at radius 1 is 1.53 bits per heavy atom. The van der Waals surface area contributed by atoms with Crippen LogP contribution >= 0.6 is 11.8 Å². The van der Waals surface area contributed by atoms with Gasteiger partial charge in [-0.1, -0.05) is 6.07 Å². The number of ether oxygens (including phenoxy) is 1. The zero-order valence-electron chi connectivity index (χ0n) is 8.96. The number of hydrogen-bond acceptors (Lipinski definition) is 3. The lowest BCUT2D eigenvalue weighted by Crippen LogP contribution is -2.01. The minimum atomic E-state index is -0.350. The summed E-state index contributed by atoms with van der Waals surface area (Å²) >= 11 is 1.28. The van der Waals surface area contributed by atoms with Crippen molar-refractivity contribution < 1.29 is 13.9 Å². The highest BCUT2D eigenvalue weighted by molar-refractivity contribution is 7.98. The Balaban J connectivity index is 3.16. The normalized spacial score (nSPS) is 10.1. The van der Waals surface area contributed by atoms with Crippen molar-refractivity contribution >= 4 is 17.5 Å². The lowest BCUT2D eigenvalue weighted by molar-refractivity contribution is -0.116. The minimum absolute atomic E-state index is 0.0499. The molecule has 0 saturated carbocycles. The molecule has 1 rings (SSSR count). The molecule has 0 fully saturated rings. The Labute approximate surface area is 92.8 Å². The largest absolute Gasteiger partial charge is 0.495 e. The standard InChI is InChI=1S/C11H13FO2S/c1-7(13)6-8-4-5-9(14-2)11(15-3)10(8)12/h4-5H,6H2,1-3H3. The molecule has 0 atom stereocenters. The fourth-order valence-corrected chi connectivity index (χ4v) is 2.00. The van der Waals surface area contributed by atoms with E-state index in [0.717, 1.165) is 0 Å². The summed E-state index contributed by atoms with van der Waals surface area (Å²) in [5.74, 6) is 0.107. The molecule has 0 saturated heterocycles. The zero-order chi connectivity index (χ0) is 11.4. The summed E-state index contributed by atoms with van der Waals surface area (Å²) in [6.07, 6.45) is 1.90. The molecular formula is C11H13FO2S. The molecule has 1 aromatic rings. The number of benzene rings is 1. The number of carbonyl (C=O) groups excluding carboxylic acids is 1. The zero-order valence-corrected chi connectivity index (χ0v) is 9.78. The summed E-state index contributed by atoms with van der Waals surface area (Å²) in [6, 6.07) is 3.28. The van der Waals surface area contributed by atoms with Crippen LogP contribution in [0.25, 0.3) is 0 Å². The first-order chi connectivity index (χ1) is 7.10. The second-order valence-electron chi connectivity index (χ2n) is 3.15. The van der Waals surface area contributed by atoms with Gasteiger partial charge in [0, 0.05) is 6.42 Å². The second kappa shape index (κ2) is 5.16. The van der Waals surface area contributed by atoms with Crippen LogP contribution in [0.3, 0.4) is 0 Å². The number of Topliss-reactive ketones (excluding diaryl/α,β-unsaturated/α-hetero) is 1. The van der Waals surface area contributed by atoms with Gasteiger partial charge in [-0.2, -0.15) is 0 Å². The van der Waals surface area contributed by atoms with Crippen LogP contribution in [0.5, 0.6) is 5.75 Å². The summed E-state index contributed by atoms with van der Waals surface area (Å²) in [5, 5.41) is 0. The lowest BCUT2D eigenvalue weighted by Gasteiger charge is -2.10. The highest BCUT2D eigenvalue weighted by Gasteiger charge is 2.14. The molecule has 2 nitrogen and oxygen atoms in total. The molecule has 4 heteroatoms. The molecule has 0 aliphatic heterocycles. The fourth-order valence-electron chi connectivity index (χ4n) is 1.33. The first-order valence-corrected chi connectivity index (χ1v) is 5.71. The van der Waals surface area contributed by atoms with Gasteiger partial charge in [-0.25, -0.2) is 4.39 Å².